The maximum Gasteiger partial charge on any atom is 0.134 e. The first-order chi connectivity index (χ1) is 7.29. The second-order valence-corrected chi connectivity index (χ2v) is 5.30. The summed E-state index contributed by atoms with van der Waals surface area (Å²) >= 11 is 3.05. The Kier molecular flexibility index (Phi) is 3.93. The maximum atomic E-state index is 13.2. The van der Waals surface area contributed by atoms with Gasteiger partial charge in [0, 0.05) is 23.6 Å². The molecule has 0 unspecified atom stereocenters. The second-order valence-electron chi connectivity index (χ2n) is 4.45. The molecule has 0 aromatic heterocycles. The second kappa shape index (κ2) is 4.69. The van der Waals surface area contributed by atoms with Crippen molar-refractivity contribution in [2.45, 2.75) is 19.9 Å². The Morgan fingerprint density at radius 1 is 1.50 bits per heavy atom. The summed E-state index contributed by atoms with van der Waals surface area (Å²) in [5, 5.41) is 19.0. The minimum Gasteiger partial charge on any atom is -0.506 e. The average molecular weight is 292 g/mol. The van der Waals surface area contributed by atoms with Crippen LogP contribution >= 0.6 is 15.9 Å². The molecular formula is C11H15BrFNO2. The SMILES string of the molecule is CC(C)(CO)[C@H](N)c1cc(F)cc(Br)c1O. The van der Waals surface area contributed by atoms with E-state index in [2.05, 4.69) is 15.9 Å². The number of aliphatic hydroxyl groups excluding tert-OH is 1. The molecule has 0 aliphatic rings. The van der Waals surface area contributed by atoms with Gasteiger partial charge in [0.1, 0.15) is 11.6 Å². The molecule has 5 heteroatoms. The summed E-state index contributed by atoms with van der Waals surface area (Å²) < 4.78 is 13.5. The van der Waals surface area contributed by atoms with Crippen LogP contribution < -0.4 is 5.73 Å². The van der Waals surface area contributed by atoms with Crippen LogP contribution in [0.25, 0.3) is 0 Å². The molecule has 0 saturated heterocycles. The molecular weight excluding hydrogens is 277 g/mol. The zero-order valence-corrected chi connectivity index (χ0v) is 10.8. The van der Waals surface area contributed by atoms with Gasteiger partial charge in [-0.15, -0.1) is 0 Å². The summed E-state index contributed by atoms with van der Waals surface area (Å²) in [6.45, 7) is 3.34. The lowest BCUT2D eigenvalue weighted by Crippen LogP contribution is -2.32. The van der Waals surface area contributed by atoms with E-state index in [4.69, 9.17) is 5.73 Å². The molecule has 16 heavy (non-hydrogen) atoms. The molecule has 4 N–H and O–H groups in total. The summed E-state index contributed by atoms with van der Waals surface area (Å²) in [4.78, 5) is 0. The Morgan fingerprint density at radius 2 is 2.06 bits per heavy atom. The van der Waals surface area contributed by atoms with Gasteiger partial charge < -0.3 is 15.9 Å². The first-order valence-electron chi connectivity index (χ1n) is 4.84. The number of halogens is 2. The molecule has 0 spiro atoms. The van der Waals surface area contributed by atoms with E-state index in [9.17, 15) is 14.6 Å². The largest absolute Gasteiger partial charge is 0.506 e. The van der Waals surface area contributed by atoms with E-state index in [1.54, 1.807) is 13.8 Å². The van der Waals surface area contributed by atoms with Crippen LogP contribution in [-0.4, -0.2) is 16.8 Å². The van der Waals surface area contributed by atoms with Gasteiger partial charge in [0.05, 0.1) is 4.47 Å². The predicted octanol–water partition coefficient (Wildman–Crippen LogP) is 2.31. The molecule has 3 nitrogen and oxygen atoms in total. The summed E-state index contributed by atoms with van der Waals surface area (Å²) in [6.07, 6.45) is 0. The fourth-order valence-electron chi connectivity index (χ4n) is 1.34. The van der Waals surface area contributed by atoms with Crippen molar-refractivity contribution in [3.8, 4) is 5.75 Å². The van der Waals surface area contributed by atoms with Gasteiger partial charge in [0.25, 0.3) is 0 Å². The number of hydrogen-bond acceptors (Lipinski definition) is 3. The number of aromatic hydroxyl groups is 1. The van der Waals surface area contributed by atoms with Crippen molar-refractivity contribution >= 4 is 15.9 Å². The van der Waals surface area contributed by atoms with Crippen LogP contribution in [0.4, 0.5) is 4.39 Å². The van der Waals surface area contributed by atoms with Gasteiger partial charge >= 0.3 is 0 Å². The summed E-state index contributed by atoms with van der Waals surface area (Å²) in [5.41, 5.74) is 5.56. The standard InChI is InChI=1S/C11H15BrFNO2/c1-11(2,5-15)10(14)7-3-6(13)4-8(12)9(7)16/h3-4,10,15-16H,5,14H2,1-2H3/t10-/m1/s1. The number of phenols is 1. The van der Waals surface area contributed by atoms with Crippen molar-refractivity contribution in [1.82, 2.24) is 0 Å². The Hall–Kier alpha value is -0.650. The molecule has 1 atom stereocenters. The fraction of sp³-hybridized carbons (Fsp3) is 0.455. The third kappa shape index (κ3) is 2.53. The predicted molar refractivity (Wildman–Crippen MR) is 63.6 cm³/mol. The Bertz CT molecular complexity index is 396. The maximum absolute atomic E-state index is 13.2. The highest BCUT2D eigenvalue weighted by atomic mass is 79.9. The number of hydrogen-bond donors (Lipinski definition) is 3. The molecule has 0 fully saturated rings. The fourth-order valence-corrected chi connectivity index (χ4v) is 1.79. The molecule has 0 bridgehead atoms. The van der Waals surface area contributed by atoms with Crippen LogP contribution in [0.1, 0.15) is 25.5 Å². The molecule has 0 radical (unpaired) electrons. The molecule has 90 valence electrons. The topological polar surface area (TPSA) is 66.5 Å². The third-order valence-electron chi connectivity index (χ3n) is 2.64. The molecule has 1 aromatic carbocycles. The van der Waals surface area contributed by atoms with Gasteiger partial charge in [-0.1, -0.05) is 13.8 Å². The van der Waals surface area contributed by atoms with Gasteiger partial charge in [-0.05, 0) is 28.1 Å². The van der Waals surface area contributed by atoms with Gasteiger partial charge in [-0.25, -0.2) is 4.39 Å². The molecule has 0 saturated carbocycles. The van der Waals surface area contributed by atoms with Crippen molar-refractivity contribution in [1.29, 1.82) is 0 Å². The Balaban J connectivity index is 3.23. The normalized spacial score (nSPS) is 13.9. The monoisotopic (exact) mass is 291 g/mol. The number of rotatable bonds is 3. The zero-order valence-electron chi connectivity index (χ0n) is 9.17. The molecule has 0 aliphatic heterocycles. The van der Waals surface area contributed by atoms with Crippen LogP contribution in [0.15, 0.2) is 16.6 Å². The number of nitrogens with two attached hydrogens (primary N) is 1. The Morgan fingerprint density at radius 3 is 2.56 bits per heavy atom. The van der Waals surface area contributed by atoms with Crippen molar-refractivity contribution in [3.05, 3.63) is 28.0 Å². The number of phenolic OH excluding ortho intramolecular Hbond substituents is 1. The summed E-state index contributed by atoms with van der Waals surface area (Å²) in [7, 11) is 0. The van der Waals surface area contributed by atoms with E-state index in [0.717, 1.165) is 6.07 Å². The van der Waals surface area contributed by atoms with Gasteiger partial charge in [-0.3, -0.25) is 0 Å². The molecule has 1 aromatic rings. The lowest BCUT2D eigenvalue weighted by molar-refractivity contribution is 0.131. The molecule has 0 aliphatic carbocycles. The van der Waals surface area contributed by atoms with Crippen LogP contribution in [-0.2, 0) is 0 Å². The average Bonchev–Trinajstić information content (AvgIpc) is 2.22. The Labute approximate surface area is 102 Å². The quantitative estimate of drug-likeness (QED) is 0.801. The molecule has 0 amide bonds. The highest BCUT2D eigenvalue weighted by molar-refractivity contribution is 9.10. The van der Waals surface area contributed by atoms with Crippen molar-refractivity contribution in [2.24, 2.45) is 11.1 Å². The van der Waals surface area contributed by atoms with Gasteiger partial charge in [-0.2, -0.15) is 0 Å². The third-order valence-corrected chi connectivity index (χ3v) is 3.25. The van der Waals surface area contributed by atoms with Crippen LogP contribution in [0.2, 0.25) is 0 Å². The number of aliphatic hydroxyl groups is 1. The highest BCUT2D eigenvalue weighted by Gasteiger charge is 2.29. The van der Waals surface area contributed by atoms with Gasteiger partial charge in [0.2, 0.25) is 0 Å². The number of benzene rings is 1. The van der Waals surface area contributed by atoms with Crippen LogP contribution in [0, 0.1) is 11.2 Å². The first kappa shape index (κ1) is 13.4. The van der Waals surface area contributed by atoms with Crippen molar-refractivity contribution in [3.63, 3.8) is 0 Å². The smallest absolute Gasteiger partial charge is 0.134 e. The molecule has 0 heterocycles. The lowest BCUT2D eigenvalue weighted by atomic mass is 9.81. The van der Waals surface area contributed by atoms with E-state index in [1.165, 1.54) is 6.07 Å². The summed E-state index contributed by atoms with van der Waals surface area (Å²) in [5.74, 6) is -0.570. The van der Waals surface area contributed by atoms with Gasteiger partial charge in [0.15, 0.2) is 0 Å². The van der Waals surface area contributed by atoms with E-state index < -0.39 is 17.3 Å². The van der Waals surface area contributed by atoms with E-state index in [1.807, 2.05) is 0 Å². The minimum atomic E-state index is -0.649. The first-order valence-corrected chi connectivity index (χ1v) is 5.63. The minimum absolute atomic E-state index is 0.0876. The van der Waals surface area contributed by atoms with Crippen LogP contribution in [0.3, 0.4) is 0 Å². The van der Waals surface area contributed by atoms with Crippen molar-refractivity contribution < 1.29 is 14.6 Å². The van der Waals surface area contributed by atoms with E-state index in [-0.39, 0.29) is 22.4 Å². The lowest BCUT2D eigenvalue weighted by Gasteiger charge is -2.30. The van der Waals surface area contributed by atoms with E-state index >= 15 is 0 Å². The molecule has 1 rings (SSSR count). The summed E-state index contributed by atoms with van der Waals surface area (Å²) in [6, 6.07) is 1.70. The van der Waals surface area contributed by atoms with Crippen molar-refractivity contribution in [2.75, 3.05) is 6.61 Å². The van der Waals surface area contributed by atoms with E-state index in [0.29, 0.717) is 0 Å². The van der Waals surface area contributed by atoms with Crippen LogP contribution in [0.5, 0.6) is 5.75 Å². The zero-order chi connectivity index (χ0) is 12.5. The highest BCUT2D eigenvalue weighted by Crippen LogP contribution is 2.39.